The molecule has 86 valence electrons. The lowest BCUT2D eigenvalue weighted by molar-refractivity contribution is 0.731. The van der Waals surface area contributed by atoms with Gasteiger partial charge < -0.3 is 5.32 Å². The van der Waals surface area contributed by atoms with Crippen molar-refractivity contribution in [3.63, 3.8) is 0 Å². The molecule has 2 heterocycles. The summed E-state index contributed by atoms with van der Waals surface area (Å²) in [6.45, 7) is 4.85. The van der Waals surface area contributed by atoms with Crippen molar-refractivity contribution in [1.29, 1.82) is 0 Å². The third-order valence-corrected chi connectivity index (χ3v) is 2.74. The van der Waals surface area contributed by atoms with Gasteiger partial charge in [-0.05, 0) is 13.8 Å². The van der Waals surface area contributed by atoms with E-state index in [-0.39, 0.29) is 0 Å². The number of nitrogens with one attached hydrogen (secondary N) is 1. The van der Waals surface area contributed by atoms with Crippen molar-refractivity contribution in [2.45, 2.75) is 20.4 Å². The summed E-state index contributed by atoms with van der Waals surface area (Å²) in [6.07, 6.45) is 3.88. The van der Waals surface area contributed by atoms with Crippen LogP contribution in [0.2, 0.25) is 0 Å². The molecule has 0 aliphatic rings. The second kappa shape index (κ2) is 4.00. The molecule has 2 aromatic rings. The summed E-state index contributed by atoms with van der Waals surface area (Å²) in [5.74, 6) is 0. The van der Waals surface area contributed by atoms with Crippen LogP contribution in [0.3, 0.4) is 0 Å². The average molecular weight is 219 g/mol. The van der Waals surface area contributed by atoms with E-state index in [1.54, 1.807) is 4.68 Å². The van der Waals surface area contributed by atoms with Crippen molar-refractivity contribution in [1.82, 2.24) is 19.6 Å². The highest BCUT2D eigenvalue weighted by atomic mass is 15.3. The molecular weight excluding hydrogens is 202 g/mol. The van der Waals surface area contributed by atoms with E-state index in [1.165, 1.54) is 5.56 Å². The maximum Gasteiger partial charge on any atom is 0.0827 e. The molecule has 1 N–H and O–H groups in total. The van der Waals surface area contributed by atoms with E-state index in [0.717, 1.165) is 23.6 Å². The number of anilines is 1. The first-order chi connectivity index (χ1) is 7.58. The molecule has 0 atom stereocenters. The third-order valence-electron chi connectivity index (χ3n) is 2.74. The van der Waals surface area contributed by atoms with Crippen molar-refractivity contribution in [3.05, 3.63) is 29.3 Å². The zero-order chi connectivity index (χ0) is 11.7. The minimum absolute atomic E-state index is 0.779. The van der Waals surface area contributed by atoms with Crippen molar-refractivity contribution < 1.29 is 0 Å². The van der Waals surface area contributed by atoms with E-state index in [9.17, 15) is 0 Å². The van der Waals surface area contributed by atoms with E-state index >= 15 is 0 Å². The van der Waals surface area contributed by atoms with Gasteiger partial charge in [0.1, 0.15) is 0 Å². The fourth-order valence-corrected chi connectivity index (χ4v) is 1.78. The lowest BCUT2D eigenvalue weighted by Crippen LogP contribution is -2.01. The lowest BCUT2D eigenvalue weighted by atomic mass is 10.3. The van der Waals surface area contributed by atoms with E-state index < -0.39 is 0 Å². The molecule has 0 amide bonds. The fraction of sp³-hybridized carbons (Fsp3) is 0.455. The van der Waals surface area contributed by atoms with Crippen LogP contribution in [-0.4, -0.2) is 19.6 Å². The molecule has 2 aromatic heterocycles. The number of hydrogen-bond donors (Lipinski definition) is 1. The minimum Gasteiger partial charge on any atom is -0.378 e. The van der Waals surface area contributed by atoms with Gasteiger partial charge >= 0.3 is 0 Å². The van der Waals surface area contributed by atoms with Crippen LogP contribution in [0.15, 0.2) is 12.4 Å². The number of aryl methyl sites for hydroxylation is 3. The average Bonchev–Trinajstić information content (AvgIpc) is 2.72. The summed E-state index contributed by atoms with van der Waals surface area (Å²) in [5.41, 5.74) is 4.47. The number of rotatable bonds is 3. The standard InChI is InChI=1S/C11H17N5/c1-8-11(9(2)16(4)14-8)12-5-10-6-13-15(3)7-10/h6-7,12H,5H2,1-4H3. The number of nitrogens with zero attached hydrogens (tertiary/aromatic N) is 4. The highest BCUT2D eigenvalue weighted by Crippen LogP contribution is 2.18. The van der Waals surface area contributed by atoms with Gasteiger partial charge in [-0.1, -0.05) is 0 Å². The number of hydrogen-bond acceptors (Lipinski definition) is 3. The van der Waals surface area contributed by atoms with Crippen LogP contribution in [0.25, 0.3) is 0 Å². The first-order valence-corrected chi connectivity index (χ1v) is 5.29. The first kappa shape index (κ1) is 10.7. The van der Waals surface area contributed by atoms with Crippen LogP contribution >= 0.6 is 0 Å². The maximum atomic E-state index is 4.36. The summed E-state index contributed by atoms with van der Waals surface area (Å²) in [6, 6.07) is 0. The predicted molar refractivity (Wildman–Crippen MR) is 63.2 cm³/mol. The largest absolute Gasteiger partial charge is 0.378 e. The summed E-state index contributed by atoms with van der Waals surface area (Å²) in [7, 11) is 3.88. The molecule has 0 aliphatic heterocycles. The van der Waals surface area contributed by atoms with Crippen LogP contribution < -0.4 is 5.32 Å². The second-order valence-electron chi connectivity index (χ2n) is 4.05. The minimum atomic E-state index is 0.779. The van der Waals surface area contributed by atoms with Gasteiger partial charge in [-0.3, -0.25) is 9.36 Å². The molecular formula is C11H17N5. The Morgan fingerprint density at radius 2 is 2.06 bits per heavy atom. The maximum absolute atomic E-state index is 4.36. The van der Waals surface area contributed by atoms with Gasteiger partial charge in [-0.25, -0.2) is 0 Å². The summed E-state index contributed by atoms with van der Waals surface area (Å²) in [5, 5.41) is 11.9. The van der Waals surface area contributed by atoms with Crippen LogP contribution in [0.5, 0.6) is 0 Å². The molecule has 5 nitrogen and oxygen atoms in total. The Bertz CT molecular complexity index is 494. The van der Waals surface area contributed by atoms with E-state index in [0.29, 0.717) is 0 Å². The molecule has 16 heavy (non-hydrogen) atoms. The summed E-state index contributed by atoms with van der Waals surface area (Å²) >= 11 is 0. The Morgan fingerprint density at radius 3 is 2.56 bits per heavy atom. The van der Waals surface area contributed by atoms with Gasteiger partial charge in [-0.15, -0.1) is 0 Å². The Kier molecular flexibility index (Phi) is 2.68. The number of aromatic nitrogens is 4. The molecule has 0 aliphatic carbocycles. The normalized spacial score (nSPS) is 10.8. The van der Waals surface area contributed by atoms with Crippen molar-refractivity contribution in [2.24, 2.45) is 14.1 Å². The fourth-order valence-electron chi connectivity index (χ4n) is 1.78. The Morgan fingerprint density at radius 1 is 1.31 bits per heavy atom. The van der Waals surface area contributed by atoms with Crippen LogP contribution in [0.1, 0.15) is 17.0 Å². The summed E-state index contributed by atoms with van der Waals surface area (Å²) < 4.78 is 3.70. The van der Waals surface area contributed by atoms with E-state index in [4.69, 9.17) is 0 Å². The van der Waals surface area contributed by atoms with Crippen molar-refractivity contribution in [3.8, 4) is 0 Å². The molecule has 0 fully saturated rings. The molecule has 0 saturated heterocycles. The van der Waals surface area contributed by atoms with Crippen molar-refractivity contribution in [2.75, 3.05) is 5.32 Å². The molecule has 0 aromatic carbocycles. The highest BCUT2D eigenvalue weighted by Gasteiger charge is 2.08. The Balaban J connectivity index is 2.10. The molecule has 0 saturated carbocycles. The molecule has 0 bridgehead atoms. The molecule has 5 heteroatoms. The third kappa shape index (κ3) is 1.93. The van der Waals surface area contributed by atoms with Crippen LogP contribution in [0, 0.1) is 13.8 Å². The lowest BCUT2D eigenvalue weighted by Gasteiger charge is -2.04. The monoisotopic (exact) mass is 219 g/mol. The quantitative estimate of drug-likeness (QED) is 0.848. The SMILES string of the molecule is Cc1nn(C)c(C)c1NCc1cnn(C)c1. The van der Waals surface area contributed by atoms with Crippen LogP contribution in [-0.2, 0) is 20.6 Å². The first-order valence-electron chi connectivity index (χ1n) is 5.29. The Hall–Kier alpha value is -1.78. The predicted octanol–water partition coefficient (Wildman–Crippen LogP) is 1.38. The van der Waals surface area contributed by atoms with Gasteiger partial charge in [0.15, 0.2) is 0 Å². The summed E-state index contributed by atoms with van der Waals surface area (Å²) in [4.78, 5) is 0. The highest BCUT2D eigenvalue weighted by molar-refractivity contribution is 5.52. The van der Waals surface area contributed by atoms with E-state index in [1.807, 2.05) is 38.1 Å². The topological polar surface area (TPSA) is 47.7 Å². The van der Waals surface area contributed by atoms with Crippen LogP contribution in [0.4, 0.5) is 5.69 Å². The zero-order valence-corrected chi connectivity index (χ0v) is 10.2. The molecule has 0 spiro atoms. The van der Waals surface area contributed by atoms with Crippen molar-refractivity contribution >= 4 is 5.69 Å². The smallest absolute Gasteiger partial charge is 0.0827 e. The molecule has 0 radical (unpaired) electrons. The van der Waals surface area contributed by atoms with Gasteiger partial charge in [0.05, 0.1) is 23.3 Å². The Labute approximate surface area is 95.1 Å². The molecule has 2 rings (SSSR count). The van der Waals surface area contributed by atoms with E-state index in [2.05, 4.69) is 22.4 Å². The van der Waals surface area contributed by atoms with Gasteiger partial charge in [-0.2, -0.15) is 10.2 Å². The van der Waals surface area contributed by atoms with Gasteiger partial charge in [0.2, 0.25) is 0 Å². The zero-order valence-electron chi connectivity index (χ0n) is 10.2. The van der Waals surface area contributed by atoms with Gasteiger partial charge in [0.25, 0.3) is 0 Å². The molecule has 0 unspecified atom stereocenters. The second-order valence-corrected chi connectivity index (χ2v) is 4.05. The van der Waals surface area contributed by atoms with Gasteiger partial charge in [0, 0.05) is 32.4 Å².